The maximum atomic E-state index is 5.99. The summed E-state index contributed by atoms with van der Waals surface area (Å²) in [6, 6.07) is 9.61. The molecule has 0 aliphatic heterocycles. The molecule has 0 aliphatic carbocycles. The standard InChI is InChI=1S/C14H16ClN3O/c1-9(11-5-4-6-12(15)7-11)16-13-8-14(19-3)18-10(2)17-13/h4-9H,1-3H3,(H,16,17,18). The Bertz CT molecular complexity index is 574. The van der Waals surface area contributed by atoms with E-state index in [1.165, 1.54) is 0 Å². The smallest absolute Gasteiger partial charge is 0.218 e. The summed E-state index contributed by atoms with van der Waals surface area (Å²) in [5.74, 6) is 1.95. The van der Waals surface area contributed by atoms with Crippen LogP contribution in [0.1, 0.15) is 24.4 Å². The number of nitrogens with zero attached hydrogens (tertiary/aromatic N) is 2. The molecular weight excluding hydrogens is 262 g/mol. The van der Waals surface area contributed by atoms with E-state index < -0.39 is 0 Å². The van der Waals surface area contributed by atoms with Crippen molar-refractivity contribution >= 4 is 17.4 Å². The molecule has 4 nitrogen and oxygen atoms in total. The van der Waals surface area contributed by atoms with E-state index >= 15 is 0 Å². The molecule has 1 atom stereocenters. The average Bonchev–Trinajstić information content (AvgIpc) is 2.38. The largest absolute Gasteiger partial charge is 0.481 e. The SMILES string of the molecule is COc1cc(NC(C)c2cccc(Cl)c2)nc(C)n1. The number of hydrogen-bond acceptors (Lipinski definition) is 4. The van der Waals surface area contributed by atoms with E-state index in [9.17, 15) is 0 Å². The van der Waals surface area contributed by atoms with Crippen LogP contribution in [0.4, 0.5) is 5.82 Å². The van der Waals surface area contributed by atoms with Gasteiger partial charge < -0.3 is 10.1 Å². The van der Waals surface area contributed by atoms with E-state index in [2.05, 4.69) is 22.2 Å². The van der Waals surface area contributed by atoms with E-state index in [0.29, 0.717) is 11.7 Å². The van der Waals surface area contributed by atoms with E-state index in [-0.39, 0.29) is 6.04 Å². The molecule has 2 rings (SSSR count). The van der Waals surface area contributed by atoms with Crippen LogP contribution in [0.2, 0.25) is 5.02 Å². The highest BCUT2D eigenvalue weighted by molar-refractivity contribution is 6.30. The van der Waals surface area contributed by atoms with Crippen molar-refractivity contribution in [2.24, 2.45) is 0 Å². The Morgan fingerprint density at radius 3 is 2.74 bits per heavy atom. The molecular formula is C14H16ClN3O. The minimum atomic E-state index is 0.0951. The first-order valence-corrected chi connectivity index (χ1v) is 6.38. The monoisotopic (exact) mass is 277 g/mol. The summed E-state index contributed by atoms with van der Waals surface area (Å²) < 4.78 is 5.13. The topological polar surface area (TPSA) is 47.0 Å². The van der Waals surface area contributed by atoms with Crippen LogP contribution in [-0.2, 0) is 0 Å². The van der Waals surface area contributed by atoms with Gasteiger partial charge in [0.05, 0.1) is 7.11 Å². The lowest BCUT2D eigenvalue weighted by molar-refractivity contribution is 0.396. The zero-order valence-electron chi connectivity index (χ0n) is 11.1. The van der Waals surface area contributed by atoms with Gasteiger partial charge in [-0.25, -0.2) is 4.98 Å². The van der Waals surface area contributed by atoms with Crippen molar-refractivity contribution in [3.05, 3.63) is 46.7 Å². The van der Waals surface area contributed by atoms with Crippen molar-refractivity contribution in [3.63, 3.8) is 0 Å². The van der Waals surface area contributed by atoms with Crippen LogP contribution < -0.4 is 10.1 Å². The second kappa shape index (κ2) is 5.89. The summed E-state index contributed by atoms with van der Waals surface area (Å²) in [6.45, 7) is 3.88. The molecule has 0 amide bonds. The van der Waals surface area contributed by atoms with Gasteiger partial charge in [0.25, 0.3) is 0 Å². The third kappa shape index (κ3) is 3.58. The molecule has 1 heterocycles. The fourth-order valence-corrected chi connectivity index (χ4v) is 2.00. The molecule has 19 heavy (non-hydrogen) atoms. The number of benzene rings is 1. The van der Waals surface area contributed by atoms with Gasteiger partial charge in [0, 0.05) is 17.1 Å². The third-order valence-corrected chi connectivity index (χ3v) is 2.97. The van der Waals surface area contributed by atoms with Gasteiger partial charge in [0.2, 0.25) is 5.88 Å². The first-order valence-electron chi connectivity index (χ1n) is 6.00. The average molecular weight is 278 g/mol. The van der Waals surface area contributed by atoms with Crippen molar-refractivity contribution in [1.29, 1.82) is 0 Å². The van der Waals surface area contributed by atoms with Crippen LogP contribution >= 0.6 is 11.6 Å². The van der Waals surface area contributed by atoms with Crippen LogP contribution in [0.15, 0.2) is 30.3 Å². The number of hydrogen-bond donors (Lipinski definition) is 1. The Balaban J connectivity index is 2.18. The maximum absolute atomic E-state index is 5.99. The first-order chi connectivity index (χ1) is 9.08. The molecule has 0 spiro atoms. The minimum absolute atomic E-state index is 0.0951. The Kier molecular flexibility index (Phi) is 4.22. The second-order valence-corrected chi connectivity index (χ2v) is 4.70. The van der Waals surface area contributed by atoms with Crippen LogP contribution in [-0.4, -0.2) is 17.1 Å². The highest BCUT2D eigenvalue weighted by Gasteiger charge is 2.08. The van der Waals surface area contributed by atoms with Gasteiger partial charge in [-0.2, -0.15) is 4.98 Å². The van der Waals surface area contributed by atoms with Gasteiger partial charge in [-0.05, 0) is 31.5 Å². The summed E-state index contributed by atoms with van der Waals surface area (Å²) in [7, 11) is 1.59. The summed E-state index contributed by atoms with van der Waals surface area (Å²) in [6.07, 6.45) is 0. The molecule has 5 heteroatoms. The van der Waals surface area contributed by atoms with Gasteiger partial charge in [-0.1, -0.05) is 23.7 Å². The van der Waals surface area contributed by atoms with E-state index in [4.69, 9.17) is 16.3 Å². The van der Waals surface area contributed by atoms with Gasteiger partial charge in [0.1, 0.15) is 11.6 Å². The fraction of sp³-hybridized carbons (Fsp3) is 0.286. The molecule has 1 aromatic heterocycles. The Morgan fingerprint density at radius 1 is 1.26 bits per heavy atom. The number of halogens is 1. The van der Waals surface area contributed by atoms with Crippen LogP contribution in [0.5, 0.6) is 5.88 Å². The minimum Gasteiger partial charge on any atom is -0.481 e. The number of anilines is 1. The first kappa shape index (κ1) is 13.6. The number of rotatable bonds is 4. The molecule has 0 bridgehead atoms. The summed E-state index contributed by atoms with van der Waals surface area (Å²) in [4.78, 5) is 8.49. The molecule has 0 saturated carbocycles. The van der Waals surface area contributed by atoms with Crippen molar-refractivity contribution in [3.8, 4) is 5.88 Å². The van der Waals surface area contributed by atoms with Crippen LogP contribution in [0.3, 0.4) is 0 Å². The fourth-order valence-electron chi connectivity index (χ4n) is 1.80. The van der Waals surface area contributed by atoms with Crippen LogP contribution in [0, 0.1) is 6.92 Å². The van der Waals surface area contributed by atoms with Crippen molar-refractivity contribution in [2.45, 2.75) is 19.9 Å². The normalized spacial score (nSPS) is 12.0. The third-order valence-electron chi connectivity index (χ3n) is 2.74. The number of aromatic nitrogens is 2. The lowest BCUT2D eigenvalue weighted by atomic mass is 10.1. The Hall–Kier alpha value is -1.81. The maximum Gasteiger partial charge on any atom is 0.218 e. The van der Waals surface area contributed by atoms with Gasteiger partial charge in [-0.15, -0.1) is 0 Å². The van der Waals surface area contributed by atoms with Crippen molar-refractivity contribution < 1.29 is 4.74 Å². The molecule has 100 valence electrons. The Labute approximate surface area is 117 Å². The molecule has 1 aromatic carbocycles. The zero-order chi connectivity index (χ0) is 13.8. The molecule has 0 radical (unpaired) electrons. The lowest BCUT2D eigenvalue weighted by Gasteiger charge is -2.16. The lowest BCUT2D eigenvalue weighted by Crippen LogP contribution is -2.09. The summed E-state index contributed by atoms with van der Waals surface area (Å²) >= 11 is 5.99. The molecule has 0 saturated heterocycles. The molecule has 0 aliphatic rings. The molecule has 2 aromatic rings. The predicted molar refractivity (Wildman–Crippen MR) is 76.8 cm³/mol. The highest BCUT2D eigenvalue weighted by Crippen LogP contribution is 2.22. The molecule has 1 N–H and O–H groups in total. The Morgan fingerprint density at radius 2 is 2.05 bits per heavy atom. The summed E-state index contributed by atoms with van der Waals surface area (Å²) in [5, 5.41) is 4.04. The van der Waals surface area contributed by atoms with Gasteiger partial charge >= 0.3 is 0 Å². The highest BCUT2D eigenvalue weighted by atomic mass is 35.5. The van der Waals surface area contributed by atoms with Gasteiger partial charge in [0.15, 0.2) is 0 Å². The molecule has 0 fully saturated rings. The number of methoxy groups -OCH3 is 1. The molecule has 1 unspecified atom stereocenters. The number of ether oxygens (including phenoxy) is 1. The predicted octanol–water partition coefficient (Wildman–Crippen LogP) is 3.62. The van der Waals surface area contributed by atoms with Gasteiger partial charge in [-0.3, -0.25) is 0 Å². The van der Waals surface area contributed by atoms with Crippen molar-refractivity contribution in [1.82, 2.24) is 9.97 Å². The quantitative estimate of drug-likeness (QED) is 0.927. The summed E-state index contributed by atoms with van der Waals surface area (Å²) in [5.41, 5.74) is 1.10. The second-order valence-electron chi connectivity index (χ2n) is 4.26. The zero-order valence-corrected chi connectivity index (χ0v) is 11.9. The van der Waals surface area contributed by atoms with E-state index in [0.717, 1.165) is 16.4 Å². The van der Waals surface area contributed by atoms with Crippen molar-refractivity contribution in [2.75, 3.05) is 12.4 Å². The van der Waals surface area contributed by atoms with Crippen LogP contribution in [0.25, 0.3) is 0 Å². The number of nitrogens with one attached hydrogen (secondary N) is 1. The van der Waals surface area contributed by atoms with E-state index in [1.54, 1.807) is 13.2 Å². The van der Waals surface area contributed by atoms with E-state index in [1.807, 2.05) is 31.2 Å². The number of aryl methyl sites for hydroxylation is 1.